The number of hydrogen-bond donors (Lipinski definition) is 0. The van der Waals surface area contributed by atoms with Crippen molar-refractivity contribution in [1.82, 2.24) is 4.57 Å². The average molecular weight is 247 g/mol. The average Bonchev–Trinajstić information content (AvgIpc) is 2.74. The fourth-order valence-electron chi connectivity index (χ4n) is 1.11. The van der Waals surface area contributed by atoms with E-state index < -0.39 is 0 Å². The molecule has 18 heavy (non-hydrogen) atoms. The quantitative estimate of drug-likeness (QED) is 0.591. The Kier molecular flexibility index (Phi) is 12.5. The zero-order valence-corrected chi connectivity index (χ0v) is 13.1. The molecule has 1 aromatic heterocycles. The van der Waals surface area contributed by atoms with Gasteiger partial charge in [0.1, 0.15) is 0 Å². The molecule has 0 N–H and O–H groups in total. The van der Waals surface area contributed by atoms with Gasteiger partial charge in [-0.05, 0) is 45.4 Å². The van der Waals surface area contributed by atoms with E-state index >= 15 is 0 Å². The maximum Gasteiger partial charge on any atom is 0.0474 e. The van der Waals surface area contributed by atoms with Crippen molar-refractivity contribution in [2.45, 2.75) is 41.5 Å². The van der Waals surface area contributed by atoms with Gasteiger partial charge in [-0.1, -0.05) is 44.2 Å². The molecule has 1 rings (SSSR count). The van der Waals surface area contributed by atoms with E-state index in [0.29, 0.717) is 0 Å². The largest absolute Gasteiger partial charge is 0.351 e. The fourth-order valence-corrected chi connectivity index (χ4v) is 1.11. The van der Waals surface area contributed by atoms with Crippen molar-refractivity contribution in [2.24, 2.45) is 7.05 Å². The van der Waals surface area contributed by atoms with Crippen LogP contribution in [0.5, 0.6) is 0 Å². The summed E-state index contributed by atoms with van der Waals surface area (Å²) in [4.78, 5) is 0. The maximum absolute atomic E-state index is 3.74. The summed E-state index contributed by atoms with van der Waals surface area (Å²) in [5.74, 6) is 0. The van der Waals surface area contributed by atoms with Crippen LogP contribution in [0.15, 0.2) is 36.6 Å². The first-order valence-electron chi connectivity index (χ1n) is 6.56. The summed E-state index contributed by atoms with van der Waals surface area (Å²) >= 11 is 0. The lowest BCUT2D eigenvalue weighted by atomic mass is 10.2. The molecule has 0 aliphatic rings. The molecular formula is C17H29N. The van der Waals surface area contributed by atoms with Gasteiger partial charge in [-0.3, -0.25) is 0 Å². The summed E-state index contributed by atoms with van der Waals surface area (Å²) in [6, 6.07) is 2.06. The maximum atomic E-state index is 3.74. The minimum atomic E-state index is 1.19. The van der Waals surface area contributed by atoms with Gasteiger partial charge in [0.15, 0.2) is 0 Å². The second-order valence-corrected chi connectivity index (χ2v) is 3.84. The molecule has 0 saturated carbocycles. The van der Waals surface area contributed by atoms with Crippen molar-refractivity contribution in [1.29, 1.82) is 0 Å². The summed E-state index contributed by atoms with van der Waals surface area (Å²) in [5, 5.41) is 0. The number of aromatic nitrogens is 1. The molecule has 0 atom stereocenters. The molecule has 1 nitrogen and oxygen atoms in total. The topological polar surface area (TPSA) is 4.93 Å². The van der Waals surface area contributed by atoms with Crippen molar-refractivity contribution in [3.8, 4) is 0 Å². The summed E-state index contributed by atoms with van der Waals surface area (Å²) in [6.45, 7) is 16.0. The van der Waals surface area contributed by atoms with Gasteiger partial charge in [-0.2, -0.15) is 0 Å². The van der Waals surface area contributed by atoms with Crippen molar-refractivity contribution < 1.29 is 0 Å². The molecule has 0 aromatic carbocycles. The molecule has 1 heterocycles. The molecule has 0 aliphatic heterocycles. The van der Waals surface area contributed by atoms with E-state index in [1.165, 1.54) is 16.8 Å². The minimum absolute atomic E-state index is 1.19. The highest BCUT2D eigenvalue weighted by Gasteiger charge is 1.97. The number of aryl methyl sites for hydroxylation is 1. The van der Waals surface area contributed by atoms with Crippen LogP contribution < -0.4 is 0 Å². The summed E-state index contributed by atoms with van der Waals surface area (Å²) < 4.78 is 2.08. The molecular weight excluding hydrogens is 218 g/mol. The Bertz CT molecular complexity index is 374. The first kappa shape index (κ1) is 18.9. The van der Waals surface area contributed by atoms with E-state index in [0.717, 1.165) is 0 Å². The number of nitrogens with zero attached hydrogens (tertiary/aromatic N) is 1. The van der Waals surface area contributed by atoms with Crippen molar-refractivity contribution >= 4 is 12.2 Å². The van der Waals surface area contributed by atoms with Crippen LogP contribution in [0.4, 0.5) is 0 Å². The first-order valence-corrected chi connectivity index (χ1v) is 6.56. The van der Waals surface area contributed by atoms with Crippen LogP contribution in [0.2, 0.25) is 0 Å². The zero-order chi connectivity index (χ0) is 14.6. The van der Waals surface area contributed by atoms with Crippen LogP contribution in [0, 0.1) is 0 Å². The lowest BCUT2D eigenvalue weighted by Gasteiger charge is -1.97. The predicted octanol–water partition coefficient (Wildman–Crippen LogP) is 5.70. The lowest BCUT2D eigenvalue weighted by molar-refractivity contribution is 0.914. The van der Waals surface area contributed by atoms with Gasteiger partial charge in [0.25, 0.3) is 0 Å². The molecule has 1 aromatic rings. The highest BCUT2D eigenvalue weighted by Crippen LogP contribution is 2.12. The Morgan fingerprint density at radius 2 is 1.72 bits per heavy atom. The van der Waals surface area contributed by atoms with Gasteiger partial charge in [0.05, 0.1) is 0 Å². The van der Waals surface area contributed by atoms with Crippen LogP contribution >= 0.6 is 0 Å². The third kappa shape index (κ3) is 7.72. The van der Waals surface area contributed by atoms with Gasteiger partial charge in [0.2, 0.25) is 0 Å². The molecule has 1 heteroatoms. The van der Waals surface area contributed by atoms with E-state index in [2.05, 4.69) is 43.2 Å². The van der Waals surface area contributed by atoms with Crippen molar-refractivity contribution in [3.63, 3.8) is 0 Å². The third-order valence-electron chi connectivity index (χ3n) is 2.28. The molecule has 0 unspecified atom stereocenters. The van der Waals surface area contributed by atoms with Crippen LogP contribution in [0.3, 0.4) is 0 Å². The molecule has 0 spiro atoms. The zero-order valence-electron chi connectivity index (χ0n) is 13.1. The van der Waals surface area contributed by atoms with Crippen molar-refractivity contribution in [2.75, 3.05) is 0 Å². The highest BCUT2D eigenvalue weighted by molar-refractivity contribution is 5.62. The van der Waals surface area contributed by atoms with Crippen molar-refractivity contribution in [3.05, 3.63) is 47.8 Å². The molecule has 0 fully saturated rings. The SMILES string of the molecule is C=Cc1ccn(C)c1/C=C\C.CC.CC=C(C)C. The molecule has 0 amide bonds. The second kappa shape index (κ2) is 12.0. The second-order valence-electron chi connectivity index (χ2n) is 3.84. The first-order chi connectivity index (χ1) is 8.56. The van der Waals surface area contributed by atoms with Gasteiger partial charge >= 0.3 is 0 Å². The van der Waals surface area contributed by atoms with Crippen LogP contribution in [0.25, 0.3) is 12.2 Å². The van der Waals surface area contributed by atoms with Crippen LogP contribution in [-0.4, -0.2) is 4.57 Å². The summed E-state index contributed by atoms with van der Waals surface area (Å²) in [7, 11) is 2.03. The van der Waals surface area contributed by atoms with E-state index in [-0.39, 0.29) is 0 Å². The van der Waals surface area contributed by atoms with Gasteiger partial charge in [-0.25, -0.2) is 0 Å². The highest BCUT2D eigenvalue weighted by atomic mass is 14.9. The Hall–Kier alpha value is -1.50. The predicted molar refractivity (Wildman–Crippen MR) is 86.7 cm³/mol. The van der Waals surface area contributed by atoms with Gasteiger partial charge in [0, 0.05) is 18.9 Å². The molecule has 0 saturated heterocycles. The Balaban J connectivity index is 0. The van der Waals surface area contributed by atoms with Gasteiger partial charge in [-0.15, -0.1) is 0 Å². The van der Waals surface area contributed by atoms with Crippen LogP contribution in [-0.2, 0) is 7.05 Å². The summed E-state index contributed by atoms with van der Waals surface area (Å²) in [6.07, 6.45) is 10.1. The third-order valence-corrected chi connectivity index (χ3v) is 2.28. The lowest BCUT2D eigenvalue weighted by Crippen LogP contribution is -1.88. The summed E-state index contributed by atoms with van der Waals surface area (Å²) in [5.41, 5.74) is 3.78. The van der Waals surface area contributed by atoms with E-state index in [9.17, 15) is 0 Å². The fraction of sp³-hybridized carbons (Fsp3) is 0.412. The Labute approximate surface area is 114 Å². The molecule has 0 aliphatic carbocycles. The smallest absolute Gasteiger partial charge is 0.0474 e. The van der Waals surface area contributed by atoms with Crippen LogP contribution in [0.1, 0.15) is 52.8 Å². The number of rotatable bonds is 2. The van der Waals surface area contributed by atoms with Gasteiger partial charge < -0.3 is 4.57 Å². The molecule has 0 radical (unpaired) electrons. The monoisotopic (exact) mass is 247 g/mol. The number of allylic oxidation sites excluding steroid dienone is 3. The molecule has 0 bridgehead atoms. The molecule has 102 valence electrons. The standard InChI is InChI=1S/C10H13N.C5H10.C2H6/c1-4-6-10-9(5-2)7-8-11(10)3;1-4-5(2)3;1-2/h4-8H,2H2,1,3H3;4H,1-3H3;1-2H3/b6-4-;;. The number of hydrogen-bond acceptors (Lipinski definition) is 0. The van der Waals surface area contributed by atoms with E-state index in [1.807, 2.05) is 53.1 Å². The Morgan fingerprint density at radius 3 is 2.06 bits per heavy atom. The minimum Gasteiger partial charge on any atom is -0.351 e. The Morgan fingerprint density at radius 1 is 1.22 bits per heavy atom. The normalized spacial score (nSPS) is 8.83. The van der Waals surface area contributed by atoms with E-state index in [4.69, 9.17) is 0 Å². The van der Waals surface area contributed by atoms with E-state index in [1.54, 1.807) is 0 Å².